The molecule has 0 saturated carbocycles. The molecule has 0 fully saturated rings. The summed E-state index contributed by atoms with van der Waals surface area (Å²) in [5, 5.41) is 25.3. The molecule has 0 aliphatic carbocycles. The molecule has 2 aliphatic heterocycles. The fraction of sp³-hybridized carbons (Fsp3) is 0.317. The van der Waals surface area contributed by atoms with E-state index in [1.54, 1.807) is 97.1 Å². The van der Waals surface area contributed by atoms with Crippen LogP contribution in [0.2, 0.25) is 0 Å². The van der Waals surface area contributed by atoms with Crippen molar-refractivity contribution in [3.63, 3.8) is 0 Å². The van der Waals surface area contributed by atoms with Crippen molar-refractivity contribution in [3.8, 4) is 11.5 Å². The number of rotatable bonds is 22. The first-order valence-electron chi connectivity index (χ1n) is 27.1. The summed E-state index contributed by atoms with van der Waals surface area (Å²) in [5.41, 5.74) is 1.94. The number of anilines is 2. The number of ether oxygens (including phenoxy) is 4. The van der Waals surface area contributed by atoms with E-state index in [9.17, 15) is 52.7 Å². The van der Waals surface area contributed by atoms with E-state index < -0.39 is 119 Å². The molecular weight excluding hydrogens is 1100 g/mol. The van der Waals surface area contributed by atoms with Gasteiger partial charge in [-0.3, -0.25) is 38.4 Å². The molecule has 25 heteroatoms. The second-order valence-electron chi connectivity index (χ2n) is 20.4. The van der Waals surface area contributed by atoms with Gasteiger partial charge in [-0.15, -0.1) is 0 Å². The molecule has 25 nitrogen and oxygen atoms in total. The number of carbonyl (C=O) groups is 11. The average Bonchev–Trinajstić information content (AvgIpc) is 1.68. The van der Waals surface area contributed by atoms with Crippen LogP contribution in [0.25, 0.3) is 0 Å². The van der Waals surface area contributed by atoms with Crippen LogP contribution >= 0.6 is 0 Å². The van der Waals surface area contributed by atoms with Gasteiger partial charge in [0.15, 0.2) is 5.60 Å². The number of hydrogen-bond acceptors (Lipinski definition) is 15. The monoisotopic (exact) mass is 1170 g/mol. The molecule has 0 saturated heterocycles. The topological polar surface area (TPSA) is 345 Å². The third-order valence-corrected chi connectivity index (χ3v) is 13.6. The lowest BCUT2D eigenvalue weighted by Gasteiger charge is -2.37. The zero-order chi connectivity index (χ0) is 61.7. The quantitative estimate of drug-likeness (QED) is 0.0348. The fourth-order valence-corrected chi connectivity index (χ4v) is 8.77. The van der Waals surface area contributed by atoms with Gasteiger partial charge in [-0.2, -0.15) is 0 Å². The Balaban J connectivity index is 0.923. The van der Waals surface area contributed by atoms with Crippen LogP contribution in [0.5, 0.6) is 11.5 Å². The van der Waals surface area contributed by atoms with Crippen LogP contribution in [0.4, 0.5) is 21.0 Å². The van der Waals surface area contributed by atoms with Crippen LogP contribution in [-0.2, 0) is 71.4 Å². The molecule has 10 amide bonds. The number of carbonyl (C=O) groups excluding carboxylic acids is 11. The van der Waals surface area contributed by atoms with Gasteiger partial charge in [0.25, 0.3) is 0 Å². The van der Waals surface area contributed by atoms with E-state index in [1.807, 2.05) is 12.1 Å². The maximum Gasteiger partial charge on any atom is 0.408 e. The Morgan fingerprint density at radius 1 is 0.388 bits per heavy atom. The van der Waals surface area contributed by atoms with Crippen LogP contribution in [-0.4, -0.2) is 114 Å². The van der Waals surface area contributed by atoms with Gasteiger partial charge in [0.2, 0.25) is 47.3 Å². The van der Waals surface area contributed by atoms with E-state index >= 15 is 0 Å². The predicted octanol–water partition coefficient (Wildman–Crippen LogP) is 3.79. The van der Waals surface area contributed by atoms with E-state index in [0.717, 1.165) is 11.1 Å². The smallest absolute Gasteiger partial charge is 0.408 e. The molecule has 85 heavy (non-hydrogen) atoms. The molecule has 0 bridgehead atoms. The summed E-state index contributed by atoms with van der Waals surface area (Å²) in [6, 6.07) is 24.9. The summed E-state index contributed by atoms with van der Waals surface area (Å²) in [7, 11) is 0. The molecule has 0 aromatic heterocycles. The molecule has 2 aliphatic rings. The van der Waals surface area contributed by atoms with Gasteiger partial charge in [0, 0.05) is 40.2 Å². The molecule has 8 atom stereocenters. The van der Waals surface area contributed by atoms with E-state index in [-0.39, 0.29) is 36.1 Å². The zero-order valence-corrected chi connectivity index (χ0v) is 47.7. The summed E-state index contributed by atoms with van der Waals surface area (Å²) in [5.74, 6) is -5.93. The van der Waals surface area contributed by atoms with E-state index in [1.165, 1.54) is 67.5 Å². The second-order valence-corrected chi connectivity index (χ2v) is 20.4. The van der Waals surface area contributed by atoms with Gasteiger partial charge < -0.3 is 72.1 Å². The highest BCUT2D eigenvalue weighted by Crippen LogP contribution is 2.56. The highest BCUT2D eigenvalue weighted by molar-refractivity contribution is 6.01. The average molecular weight is 1170 g/mol. The molecule has 8 unspecified atom stereocenters. The van der Waals surface area contributed by atoms with Crippen LogP contribution < -0.4 is 57.9 Å². The normalized spacial score (nSPS) is 16.2. The van der Waals surface area contributed by atoms with Crippen molar-refractivity contribution in [2.75, 3.05) is 10.6 Å². The lowest BCUT2D eigenvalue weighted by Crippen LogP contribution is -2.55. The first-order chi connectivity index (χ1) is 40.4. The number of benzene rings is 5. The molecule has 0 radical (unpaired) electrons. The summed E-state index contributed by atoms with van der Waals surface area (Å²) < 4.78 is 23.0. The largest absolute Gasteiger partial charge is 0.456 e. The molecule has 1 spiro atoms. The summed E-state index contributed by atoms with van der Waals surface area (Å²) >= 11 is 0. The third-order valence-electron chi connectivity index (χ3n) is 13.6. The number of alkyl carbamates (subject to hydrolysis) is 2. The Labute approximate surface area is 488 Å². The highest BCUT2D eigenvalue weighted by atomic mass is 16.6. The van der Waals surface area contributed by atoms with Crippen molar-refractivity contribution >= 4 is 76.8 Å². The number of nitrogens with one attached hydrogen (secondary N) is 10. The number of fused-ring (bicyclic) bond motifs is 6. The van der Waals surface area contributed by atoms with E-state index in [0.29, 0.717) is 22.3 Å². The Hall–Kier alpha value is -10.3. The molecular formula is C60H66N10O15. The lowest BCUT2D eigenvalue weighted by molar-refractivity contribution is -0.132. The number of esters is 1. The Bertz CT molecular complexity index is 3190. The van der Waals surface area contributed by atoms with Crippen molar-refractivity contribution in [2.24, 2.45) is 0 Å². The molecule has 10 N–H and O–H groups in total. The van der Waals surface area contributed by atoms with Gasteiger partial charge in [-0.1, -0.05) is 78.9 Å². The van der Waals surface area contributed by atoms with Crippen LogP contribution in [0.3, 0.4) is 0 Å². The van der Waals surface area contributed by atoms with Gasteiger partial charge >= 0.3 is 18.2 Å². The van der Waals surface area contributed by atoms with Gasteiger partial charge in [0.05, 0.1) is 5.56 Å². The molecule has 7 rings (SSSR count). The Morgan fingerprint density at radius 3 is 1.07 bits per heavy atom. The maximum atomic E-state index is 13.6. The SMILES string of the molecule is CC(NC(=O)OCc1ccccc1)C(=O)NC(C)C(=O)NC(C)C(=O)NC(C)C(=O)Nc1ccc2c(c1)Oc1cc(NC(=O)C(C)NC(=O)C(C)NC(=O)C(C)NC(=O)C(C)NC(=O)OCc3ccccc3)ccc1C21OC(=O)c2ccccc21. The van der Waals surface area contributed by atoms with Crippen molar-refractivity contribution in [2.45, 2.75) is 123 Å². The summed E-state index contributed by atoms with van der Waals surface area (Å²) in [6.07, 6.45) is -1.68. The van der Waals surface area contributed by atoms with Crippen LogP contribution in [0.1, 0.15) is 93.6 Å². The summed E-state index contributed by atoms with van der Waals surface area (Å²) in [4.78, 5) is 143. The van der Waals surface area contributed by atoms with Crippen molar-refractivity contribution in [1.29, 1.82) is 0 Å². The van der Waals surface area contributed by atoms with Crippen LogP contribution in [0.15, 0.2) is 121 Å². The van der Waals surface area contributed by atoms with Gasteiger partial charge in [-0.05, 0) is 96.8 Å². The maximum absolute atomic E-state index is 13.6. The Morgan fingerprint density at radius 2 is 0.706 bits per heavy atom. The fourth-order valence-electron chi connectivity index (χ4n) is 8.77. The molecule has 5 aromatic carbocycles. The molecule has 5 aromatic rings. The van der Waals surface area contributed by atoms with E-state index in [4.69, 9.17) is 18.9 Å². The first kappa shape index (κ1) is 62.3. The minimum Gasteiger partial charge on any atom is -0.456 e. The van der Waals surface area contributed by atoms with Gasteiger partial charge in [-0.25, -0.2) is 14.4 Å². The highest BCUT2D eigenvalue weighted by Gasteiger charge is 2.53. The van der Waals surface area contributed by atoms with Crippen molar-refractivity contribution in [1.82, 2.24) is 42.5 Å². The number of amides is 10. The number of hydrogen-bond donors (Lipinski definition) is 10. The Kier molecular flexibility index (Phi) is 20.2. The third kappa shape index (κ3) is 15.6. The first-order valence-corrected chi connectivity index (χ1v) is 27.1. The lowest BCUT2D eigenvalue weighted by atomic mass is 9.77. The second kappa shape index (κ2) is 27.6. The zero-order valence-electron chi connectivity index (χ0n) is 47.7. The van der Waals surface area contributed by atoms with E-state index in [2.05, 4.69) is 53.2 Å². The molecule has 2 heterocycles. The summed E-state index contributed by atoms with van der Waals surface area (Å²) in [6.45, 7) is 11.2. The van der Waals surface area contributed by atoms with Crippen LogP contribution in [0, 0.1) is 0 Å². The van der Waals surface area contributed by atoms with Crippen molar-refractivity contribution < 1.29 is 71.7 Å². The minimum atomic E-state index is -1.55. The molecule has 446 valence electrons. The minimum absolute atomic E-state index is 0.0162. The van der Waals surface area contributed by atoms with Gasteiger partial charge in [0.1, 0.15) is 73.0 Å². The van der Waals surface area contributed by atoms with Crippen molar-refractivity contribution in [3.05, 3.63) is 155 Å². The predicted molar refractivity (Wildman–Crippen MR) is 306 cm³/mol. The standard InChI is InChI=1S/C60H66N10O15/c1-31(61-49(71)33(3)63-53(75)37(7)67-58(80)82-29-39-17-11-9-12-18-39)51(73)65-35(5)55(77)69-41-23-25-45-47(27-41)84-48-28-42(24-26-46(48)60(45)44-22-16-15-21-43(44)57(79)85-60)70-56(78)36(6)66-52(74)32(2)62-50(72)34(4)64-54(76)38(8)68-59(81)83-30-40-19-13-10-14-20-40/h9-28,31-38H,29-30H2,1-8H3,(H,61,71)(H,62,72)(H,63,75)(H,64,76)(H,65,73)(H,66,74)(H,67,80)(H,68,81)(H,69,77)(H,70,78).